The van der Waals surface area contributed by atoms with Crippen molar-refractivity contribution in [2.24, 2.45) is 4.99 Å². The van der Waals surface area contributed by atoms with Crippen LogP contribution in [0, 0.1) is 0 Å². The van der Waals surface area contributed by atoms with Crippen molar-refractivity contribution in [3.63, 3.8) is 0 Å². The second-order valence-electron chi connectivity index (χ2n) is 7.01. The van der Waals surface area contributed by atoms with E-state index in [-0.39, 0.29) is 24.0 Å². The lowest BCUT2D eigenvalue weighted by Gasteiger charge is -2.19. The zero-order valence-electron chi connectivity index (χ0n) is 19.9. The van der Waals surface area contributed by atoms with E-state index in [4.69, 9.17) is 9.47 Å². The number of nitrogens with zero attached hydrogens (tertiary/aromatic N) is 5. The van der Waals surface area contributed by atoms with Crippen molar-refractivity contribution in [1.29, 1.82) is 0 Å². The van der Waals surface area contributed by atoms with E-state index in [0.717, 1.165) is 68.0 Å². The number of rotatable bonds is 13. The van der Waals surface area contributed by atoms with E-state index in [9.17, 15) is 0 Å². The van der Waals surface area contributed by atoms with Crippen molar-refractivity contribution < 1.29 is 9.47 Å². The van der Waals surface area contributed by atoms with E-state index in [1.165, 1.54) is 0 Å². The van der Waals surface area contributed by atoms with Crippen LogP contribution in [-0.4, -0.2) is 72.6 Å². The topological polar surface area (TPSA) is 88.8 Å². The number of hydrogen-bond acceptors (Lipinski definition) is 6. The Morgan fingerprint density at radius 3 is 2.59 bits per heavy atom. The molecule has 10 heteroatoms. The van der Waals surface area contributed by atoms with Gasteiger partial charge in [0.25, 0.3) is 0 Å². The largest absolute Gasteiger partial charge is 0.493 e. The summed E-state index contributed by atoms with van der Waals surface area (Å²) in [6.45, 7) is 12.1. The predicted molar refractivity (Wildman–Crippen MR) is 139 cm³/mol. The Kier molecular flexibility index (Phi) is 13.7. The van der Waals surface area contributed by atoms with Crippen LogP contribution in [0.4, 0.5) is 0 Å². The average molecular weight is 559 g/mol. The molecule has 0 aliphatic heterocycles. The van der Waals surface area contributed by atoms with Gasteiger partial charge < -0.3 is 29.6 Å². The Labute approximate surface area is 209 Å². The second-order valence-corrected chi connectivity index (χ2v) is 7.01. The molecule has 1 aromatic heterocycles. The number of guanidine groups is 1. The van der Waals surface area contributed by atoms with Gasteiger partial charge in [-0.1, -0.05) is 26.8 Å². The smallest absolute Gasteiger partial charge is 0.191 e. The molecular weight excluding hydrogens is 521 g/mol. The summed E-state index contributed by atoms with van der Waals surface area (Å²) in [6, 6.07) is 6.00. The lowest BCUT2D eigenvalue weighted by atomic mass is 10.2. The van der Waals surface area contributed by atoms with Crippen LogP contribution in [0.5, 0.6) is 11.5 Å². The van der Waals surface area contributed by atoms with Gasteiger partial charge in [-0.15, -0.1) is 34.2 Å². The van der Waals surface area contributed by atoms with Crippen molar-refractivity contribution in [1.82, 2.24) is 30.3 Å². The second kappa shape index (κ2) is 15.7. The number of aromatic nitrogens is 3. The average Bonchev–Trinajstić information content (AvgIpc) is 3.26. The molecular formula is C22H38IN7O2. The van der Waals surface area contributed by atoms with Crippen LogP contribution in [0.2, 0.25) is 0 Å². The highest BCUT2D eigenvalue weighted by atomic mass is 127. The number of nitrogens with one attached hydrogen (secondary N) is 2. The van der Waals surface area contributed by atoms with E-state index < -0.39 is 0 Å². The number of aryl methyl sites for hydroxylation is 1. The molecule has 0 amide bonds. The minimum absolute atomic E-state index is 0. The quantitative estimate of drug-likeness (QED) is 0.222. The number of aliphatic imine (C=N–C) groups is 1. The zero-order valence-corrected chi connectivity index (χ0v) is 22.3. The Hall–Kier alpha value is -2.08. The van der Waals surface area contributed by atoms with Crippen LogP contribution >= 0.6 is 24.0 Å². The van der Waals surface area contributed by atoms with Crippen molar-refractivity contribution in [3.8, 4) is 11.5 Å². The first-order chi connectivity index (χ1) is 15.1. The normalized spacial score (nSPS) is 11.2. The van der Waals surface area contributed by atoms with E-state index in [0.29, 0.717) is 13.2 Å². The summed E-state index contributed by atoms with van der Waals surface area (Å²) >= 11 is 0. The Morgan fingerprint density at radius 2 is 1.94 bits per heavy atom. The molecule has 180 valence electrons. The Bertz CT molecular complexity index is 809. The Balaban J connectivity index is 0.00000512. The van der Waals surface area contributed by atoms with Gasteiger partial charge in [-0.05, 0) is 30.8 Å². The van der Waals surface area contributed by atoms with Crippen LogP contribution < -0.4 is 20.1 Å². The van der Waals surface area contributed by atoms with E-state index >= 15 is 0 Å². The fourth-order valence-corrected chi connectivity index (χ4v) is 3.21. The summed E-state index contributed by atoms with van der Waals surface area (Å²) in [4.78, 5) is 6.62. The summed E-state index contributed by atoms with van der Waals surface area (Å²) in [5.41, 5.74) is 1.09. The minimum Gasteiger partial charge on any atom is -0.493 e. The summed E-state index contributed by atoms with van der Waals surface area (Å²) in [6.07, 6.45) is 2.62. The highest BCUT2D eigenvalue weighted by molar-refractivity contribution is 14.0. The number of halogens is 1. The van der Waals surface area contributed by atoms with Gasteiger partial charge in [0, 0.05) is 39.6 Å². The van der Waals surface area contributed by atoms with E-state index in [1.54, 1.807) is 20.5 Å². The van der Waals surface area contributed by atoms with Crippen LogP contribution in [0.1, 0.15) is 32.2 Å². The van der Waals surface area contributed by atoms with E-state index in [2.05, 4.69) is 51.5 Å². The maximum atomic E-state index is 5.94. The van der Waals surface area contributed by atoms with Gasteiger partial charge in [0.2, 0.25) is 0 Å². The lowest BCUT2D eigenvalue weighted by Crippen LogP contribution is -2.38. The third-order valence-corrected chi connectivity index (χ3v) is 5.13. The third kappa shape index (κ3) is 8.81. The third-order valence-electron chi connectivity index (χ3n) is 5.13. The molecule has 1 aromatic carbocycles. The van der Waals surface area contributed by atoms with Gasteiger partial charge in [0.15, 0.2) is 17.5 Å². The van der Waals surface area contributed by atoms with Gasteiger partial charge in [0.05, 0.1) is 7.11 Å². The molecule has 0 saturated carbocycles. The molecule has 0 spiro atoms. The van der Waals surface area contributed by atoms with Crippen LogP contribution in [-0.2, 0) is 19.5 Å². The molecule has 32 heavy (non-hydrogen) atoms. The molecule has 2 rings (SSSR count). The fourth-order valence-electron chi connectivity index (χ4n) is 3.21. The number of ether oxygens (including phenoxy) is 2. The highest BCUT2D eigenvalue weighted by Crippen LogP contribution is 2.28. The van der Waals surface area contributed by atoms with Crippen molar-refractivity contribution in [2.75, 3.05) is 46.9 Å². The molecule has 9 nitrogen and oxygen atoms in total. The fraction of sp³-hybridized carbons (Fsp3) is 0.591. The number of likely N-dealkylation sites (N-methyl/N-ethyl adjacent to an activating group) is 1. The zero-order chi connectivity index (χ0) is 22.5. The first kappa shape index (κ1) is 28.0. The van der Waals surface area contributed by atoms with Gasteiger partial charge >= 0.3 is 0 Å². The summed E-state index contributed by atoms with van der Waals surface area (Å²) < 4.78 is 13.5. The summed E-state index contributed by atoms with van der Waals surface area (Å²) in [5.74, 6) is 3.23. The molecule has 2 aromatic rings. The van der Waals surface area contributed by atoms with Crippen LogP contribution in [0.3, 0.4) is 0 Å². The summed E-state index contributed by atoms with van der Waals surface area (Å²) in [5, 5.41) is 14.7. The molecule has 0 fully saturated rings. The Morgan fingerprint density at radius 1 is 1.16 bits per heavy atom. The van der Waals surface area contributed by atoms with Gasteiger partial charge in [-0.2, -0.15) is 0 Å². The maximum absolute atomic E-state index is 5.94. The number of benzene rings is 1. The molecule has 0 bridgehead atoms. The van der Waals surface area contributed by atoms with Crippen LogP contribution in [0.15, 0.2) is 29.5 Å². The van der Waals surface area contributed by atoms with E-state index in [1.807, 2.05) is 22.8 Å². The van der Waals surface area contributed by atoms with Gasteiger partial charge in [0.1, 0.15) is 18.8 Å². The number of methoxy groups -OCH3 is 1. The minimum atomic E-state index is 0. The molecule has 0 saturated heterocycles. The van der Waals surface area contributed by atoms with Crippen LogP contribution in [0.25, 0.3) is 0 Å². The van der Waals surface area contributed by atoms with Gasteiger partial charge in [-0.25, -0.2) is 0 Å². The molecule has 2 N–H and O–H groups in total. The SMILES string of the molecule is CCc1nncn1CCNC(=NC)NCc1ccc(OCCN(CC)CC)c(OC)c1.I. The van der Waals surface area contributed by atoms with Crippen molar-refractivity contribution in [3.05, 3.63) is 35.9 Å². The van der Waals surface area contributed by atoms with Gasteiger partial charge in [-0.3, -0.25) is 4.99 Å². The molecule has 0 unspecified atom stereocenters. The maximum Gasteiger partial charge on any atom is 0.191 e. The lowest BCUT2D eigenvalue weighted by molar-refractivity contribution is 0.217. The monoisotopic (exact) mass is 559 g/mol. The molecule has 0 atom stereocenters. The first-order valence-electron chi connectivity index (χ1n) is 11.0. The molecule has 0 aliphatic carbocycles. The summed E-state index contributed by atoms with van der Waals surface area (Å²) in [7, 11) is 3.43. The van der Waals surface area contributed by atoms with Crippen molar-refractivity contribution in [2.45, 2.75) is 40.3 Å². The first-order valence-corrected chi connectivity index (χ1v) is 11.0. The highest BCUT2D eigenvalue weighted by Gasteiger charge is 2.08. The molecule has 0 radical (unpaired) electrons. The van der Waals surface area contributed by atoms with Crippen molar-refractivity contribution >= 4 is 29.9 Å². The predicted octanol–water partition coefficient (Wildman–Crippen LogP) is 2.55. The molecule has 0 aliphatic rings. The molecule has 1 heterocycles. The standard InChI is InChI=1S/C22H37N7O2.HI/c1-6-21-27-26-17-29(21)12-11-24-22(23-4)25-16-18-9-10-19(20(15-18)30-5)31-14-13-28(7-2)8-3;/h9-10,15,17H,6-8,11-14,16H2,1-5H3,(H2,23,24,25);1H. The number of hydrogen-bond donors (Lipinski definition) is 2.